The van der Waals surface area contributed by atoms with E-state index in [1.54, 1.807) is 31.2 Å². The number of ether oxygens (including phenoxy) is 2. The van der Waals surface area contributed by atoms with Crippen LogP contribution < -0.4 is 10.1 Å². The van der Waals surface area contributed by atoms with Crippen molar-refractivity contribution in [3.05, 3.63) is 52.8 Å². The largest absolute Gasteiger partial charge is 0.484 e. The second kappa shape index (κ2) is 9.04. The number of hydrogen-bond acceptors (Lipinski definition) is 7. The summed E-state index contributed by atoms with van der Waals surface area (Å²) in [5.74, 6) is -2.28. The third-order valence-electron chi connectivity index (χ3n) is 4.47. The standard InChI is InChI=1S/C20H20N2O7S/c1-3-15(24)29-9-13-11(2)17(20(26)27)22-18(25)16(19(22)30-13)21-14(23)10-28-12-7-5-4-6-8-12/h4-9,16,19H,3,10H2,1-2H3,(H,21,23)(H,26,27)/t16?,19-/m0/s1. The van der Waals surface area contributed by atoms with Crippen LogP contribution in [0.4, 0.5) is 0 Å². The fourth-order valence-corrected chi connectivity index (χ4v) is 4.21. The van der Waals surface area contributed by atoms with Crippen LogP contribution >= 0.6 is 11.8 Å². The van der Waals surface area contributed by atoms with Gasteiger partial charge in [-0.15, -0.1) is 0 Å². The summed E-state index contributed by atoms with van der Waals surface area (Å²) in [4.78, 5) is 49.5. The molecule has 0 spiro atoms. The second-order valence-corrected chi connectivity index (χ2v) is 7.63. The smallest absolute Gasteiger partial charge is 0.352 e. The molecular weight excluding hydrogens is 412 g/mol. The van der Waals surface area contributed by atoms with Crippen LogP contribution in [0, 0.1) is 0 Å². The van der Waals surface area contributed by atoms with Gasteiger partial charge in [-0.1, -0.05) is 36.9 Å². The zero-order valence-corrected chi connectivity index (χ0v) is 17.1. The van der Waals surface area contributed by atoms with Gasteiger partial charge in [-0.05, 0) is 24.6 Å². The fourth-order valence-electron chi connectivity index (χ4n) is 2.93. The number of allylic oxidation sites excluding steroid dienone is 1. The average molecular weight is 432 g/mol. The minimum absolute atomic E-state index is 0.164. The van der Waals surface area contributed by atoms with E-state index in [4.69, 9.17) is 9.47 Å². The minimum Gasteiger partial charge on any atom is -0.484 e. The number of rotatable bonds is 7. The van der Waals surface area contributed by atoms with E-state index < -0.39 is 35.2 Å². The maximum atomic E-state index is 12.5. The molecule has 2 aliphatic rings. The predicted octanol–water partition coefficient (Wildman–Crippen LogP) is 1.62. The Bertz CT molecular complexity index is 942. The number of fused-ring (bicyclic) bond motifs is 1. The first kappa shape index (κ1) is 21.4. The number of carbonyl (C=O) groups excluding carboxylic acids is 3. The Labute approximate surface area is 176 Å². The molecule has 1 unspecified atom stereocenters. The van der Waals surface area contributed by atoms with Crippen LogP contribution in [0.15, 0.2) is 52.8 Å². The normalized spacial score (nSPS) is 21.6. The van der Waals surface area contributed by atoms with Gasteiger partial charge in [0.25, 0.3) is 11.8 Å². The summed E-state index contributed by atoms with van der Waals surface area (Å²) in [6.45, 7) is 2.88. The van der Waals surface area contributed by atoms with Crippen molar-refractivity contribution in [2.24, 2.45) is 0 Å². The van der Waals surface area contributed by atoms with Crippen molar-refractivity contribution >= 4 is 35.5 Å². The molecule has 0 aliphatic carbocycles. The van der Waals surface area contributed by atoms with Crippen LogP contribution in [-0.2, 0) is 23.9 Å². The number of esters is 1. The fraction of sp³-hybridized carbons (Fsp3) is 0.300. The molecule has 0 saturated carbocycles. The first-order chi connectivity index (χ1) is 14.3. The molecule has 0 bridgehead atoms. The highest BCUT2D eigenvalue weighted by molar-refractivity contribution is 8.04. The molecule has 2 amide bonds. The van der Waals surface area contributed by atoms with Crippen LogP contribution in [0.5, 0.6) is 5.75 Å². The lowest BCUT2D eigenvalue weighted by Crippen LogP contribution is -2.70. The summed E-state index contributed by atoms with van der Waals surface area (Å²) in [6, 6.07) is 7.81. The number of β-lactam (4-membered cyclic amide) rings is 1. The van der Waals surface area contributed by atoms with Gasteiger partial charge in [0, 0.05) is 11.3 Å². The molecule has 10 heteroatoms. The second-order valence-electron chi connectivity index (χ2n) is 6.47. The van der Waals surface area contributed by atoms with Crippen molar-refractivity contribution in [2.75, 3.05) is 6.61 Å². The number of carboxylic acid groups (broad SMARTS) is 1. The van der Waals surface area contributed by atoms with Gasteiger partial charge in [-0.25, -0.2) is 4.79 Å². The van der Waals surface area contributed by atoms with E-state index in [1.807, 2.05) is 6.07 Å². The van der Waals surface area contributed by atoms with E-state index in [0.29, 0.717) is 16.2 Å². The molecule has 1 aromatic rings. The topological polar surface area (TPSA) is 122 Å². The quantitative estimate of drug-likeness (QED) is 0.379. The Morgan fingerprint density at radius 3 is 2.60 bits per heavy atom. The van der Waals surface area contributed by atoms with Gasteiger partial charge in [0.1, 0.15) is 29.1 Å². The molecule has 30 heavy (non-hydrogen) atoms. The molecule has 1 saturated heterocycles. The molecule has 0 radical (unpaired) electrons. The molecule has 2 heterocycles. The minimum atomic E-state index is -1.28. The Morgan fingerprint density at radius 2 is 1.97 bits per heavy atom. The SMILES string of the molecule is CCC(=O)OC=C1S[C@H]2C(NC(=O)COc3ccccc3)C(=O)N2C(C(=O)O)=C1C. The maximum Gasteiger partial charge on any atom is 0.352 e. The summed E-state index contributed by atoms with van der Waals surface area (Å²) in [5.41, 5.74) is 0.103. The van der Waals surface area contributed by atoms with Gasteiger partial charge < -0.3 is 19.9 Å². The van der Waals surface area contributed by atoms with Crippen LogP contribution in [0.1, 0.15) is 20.3 Å². The van der Waals surface area contributed by atoms with E-state index in [0.717, 1.165) is 16.7 Å². The van der Waals surface area contributed by atoms with Gasteiger partial charge in [0.15, 0.2) is 6.61 Å². The molecule has 0 aromatic heterocycles. The van der Waals surface area contributed by atoms with Crippen molar-refractivity contribution in [3.63, 3.8) is 0 Å². The average Bonchev–Trinajstić information content (AvgIpc) is 2.75. The van der Waals surface area contributed by atoms with Crippen LogP contribution in [0.3, 0.4) is 0 Å². The summed E-state index contributed by atoms with van der Waals surface area (Å²) in [7, 11) is 0. The molecule has 2 aliphatic heterocycles. The maximum absolute atomic E-state index is 12.5. The summed E-state index contributed by atoms with van der Waals surface area (Å²) >= 11 is 1.14. The number of carbonyl (C=O) groups is 4. The Balaban J connectivity index is 1.71. The van der Waals surface area contributed by atoms with Crippen molar-refractivity contribution in [3.8, 4) is 5.75 Å². The van der Waals surface area contributed by atoms with E-state index in [9.17, 15) is 24.3 Å². The van der Waals surface area contributed by atoms with E-state index in [2.05, 4.69) is 5.32 Å². The Morgan fingerprint density at radius 1 is 1.27 bits per heavy atom. The van der Waals surface area contributed by atoms with Gasteiger partial charge in [-0.2, -0.15) is 0 Å². The zero-order valence-electron chi connectivity index (χ0n) is 16.3. The monoisotopic (exact) mass is 432 g/mol. The van der Waals surface area contributed by atoms with Crippen LogP contribution in [0.25, 0.3) is 0 Å². The van der Waals surface area contributed by atoms with Crippen molar-refractivity contribution in [2.45, 2.75) is 31.7 Å². The first-order valence-electron chi connectivity index (χ1n) is 9.14. The number of aliphatic carboxylic acids is 1. The van der Waals surface area contributed by atoms with E-state index >= 15 is 0 Å². The summed E-state index contributed by atoms with van der Waals surface area (Å²) in [6.07, 6.45) is 1.35. The van der Waals surface area contributed by atoms with Gasteiger partial charge in [0.05, 0.1) is 0 Å². The molecule has 1 aromatic carbocycles. The van der Waals surface area contributed by atoms with Crippen molar-refractivity contribution < 1.29 is 33.8 Å². The number of amides is 2. The zero-order chi connectivity index (χ0) is 21.8. The van der Waals surface area contributed by atoms with Gasteiger partial charge in [0.2, 0.25) is 0 Å². The molecule has 9 nitrogen and oxygen atoms in total. The summed E-state index contributed by atoms with van der Waals surface area (Å²) in [5, 5.41) is 11.5. The highest BCUT2D eigenvalue weighted by atomic mass is 32.2. The number of benzene rings is 1. The Hall–Kier alpha value is -3.27. The molecule has 2 N–H and O–H groups in total. The molecule has 1 fully saturated rings. The van der Waals surface area contributed by atoms with Crippen LogP contribution in [0.2, 0.25) is 0 Å². The lowest BCUT2D eigenvalue weighted by molar-refractivity contribution is -0.150. The van der Waals surface area contributed by atoms with E-state index in [1.165, 1.54) is 13.2 Å². The number of carboxylic acids is 1. The molecular formula is C20H20N2O7S. The first-order valence-corrected chi connectivity index (χ1v) is 10.0. The number of thioether (sulfide) groups is 1. The lowest BCUT2D eigenvalue weighted by atomic mass is 10.0. The van der Waals surface area contributed by atoms with E-state index in [-0.39, 0.29) is 18.7 Å². The van der Waals surface area contributed by atoms with Gasteiger partial charge >= 0.3 is 11.9 Å². The highest BCUT2D eigenvalue weighted by Crippen LogP contribution is 2.46. The van der Waals surface area contributed by atoms with Crippen molar-refractivity contribution in [1.82, 2.24) is 10.2 Å². The molecule has 2 atom stereocenters. The van der Waals surface area contributed by atoms with Crippen molar-refractivity contribution in [1.29, 1.82) is 0 Å². The van der Waals surface area contributed by atoms with Crippen LogP contribution in [-0.4, -0.2) is 51.8 Å². The summed E-state index contributed by atoms with van der Waals surface area (Å²) < 4.78 is 10.4. The molecule has 158 valence electrons. The van der Waals surface area contributed by atoms with Gasteiger partial charge in [-0.3, -0.25) is 19.3 Å². The molecule has 3 rings (SSSR count). The number of para-hydroxylation sites is 1. The number of nitrogens with zero attached hydrogens (tertiary/aromatic N) is 1. The predicted molar refractivity (Wildman–Crippen MR) is 107 cm³/mol. The third kappa shape index (κ3) is 4.33. The highest BCUT2D eigenvalue weighted by Gasteiger charge is 2.55. The third-order valence-corrected chi connectivity index (χ3v) is 5.86. The Kier molecular flexibility index (Phi) is 6.46. The lowest BCUT2D eigenvalue weighted by Gasteiger charge is -2.49. The number of hydrogen-bond donors (Lipinski definition) is 2. The number of nitrogens with one attached hydrogen (secondary N) is 1.